The first kappa shape index (κ1) is 95.3. The predicted octanol–water partition coefficient (Wildman–Crippen LogP) is 7.37. The summed E-state index contributed by atoms with van der Waals surface area (Å²) in [4.78, 5) is 140. The number of ether oxygens (including phenoxy) is 7. The topological polar surface area (TPSA) is 536 Å². The molecule has 7 aromatic rings. The molecule has 2 fully saturated rings. The van der Waals surface area contributed by atoms with Crippen molar-refractivity contribution in [2.24, 2.45) is 11.8 Å². The monoisotopic (exact) mass is 1830 g/mol. The Kier molecular flexibility index (Phi) is 30.8. The van der Waals surface area contributed by atoms with Crippen LogP contribution in [-0.2, 0) is 52.6 Å². The summed E-state index contributed by atoms with van der Waals surface area (Å²) in [6, 6.07) is 10.3. The lowest BCUT2D eigenvalue weighted by molar-refractivity contribution is -0.298. The van der Waals surface area contributed by atoms with Crippen LogP contribution in [0.15, 0.2) is 115 Å². The molecule has 7 heterocycles. The van der Waals surface area contributed by atoms with Gasteiger partial charge in [0.05, 0.1) is 28.0 Å². The second-order valence-corrected chi connectivity index (χ2v) is 34.8. The molecule has 10 unspecified atom stereocenters. The minimum atomic E-state index is -2.30. The van der Waals surface area contributed by atoms with Crippen molar-refractivity contribution in [2.45, 2.75) is 213 Å². The van der Waals surface area contributed by atoms with Gasteiger partial charge < -0.3 is 127 Å². The minimum Gasteiger partial charge on any atom is -0.508 e. The average molecular weight is 1830 g/mol. The Morgan fingerprint density at radius 3 is 1.82 bits per heavy atom. The molecule has 19 atom stereocenters. The van der Waals surface area contributed by atoms with Crippen molar-refractivity contribution in [3.63, 3.8) is 0 Å². The number of phenols is 4. The largest absolute Gasteiger partial charge is 0.508 e. The van der Waals surface area contributed by atoms with Gasteiger partial charge in [0.15, 0.2) is 40.3 Å². The van der Waals surface area contributed by atoms with Gasteiger partial charge in [0.25, 0.3) is 6.47 Å². The molecule has 7 aromatic carbocycles. The number of aliphatic hydroxyl groups is 8. The molecule has 690 valence electrons. The number of amides is 5. The number of Topliss-reactive ketones (excluding diaryl/α,β-unsaturated/α-hetero) is 3. The number of benzene rings is 7. The van der Waals surface area contributed by atoms with Crippen LogP contribution in [0.3, 0.4) is 0 Å². The summed E-state index contributed by atoms with van der Waals surface area (Å²) in [5.41, 5.74) is -2.24. The number of hydrogen-bond donors (Lipinski definition) is 18. The van der Waals surface area contributed by atoms with Crippen LogP contribution >= 0.6 is 23.2 Å². The van der Waals surface area contributed by atoms with Gasteiger partial charge in [0, 0.05) is 61.5 Å². The van der Waals surface area contributed by atoms with Crippen LogP contribution in [0.4, 0.5) is 0 Å². The zero-order chi connectivity index (χ0) is 92.7. The molecule has 0 aromatic heterocycles. The smallest absolute Gasteiger partial charge is 0.295 e. The Morgan fingerprint density at radius 1 is 0.558 bits per heavy atom. The third-order valence-corrected chi connectivity index (χ3v) is 24.7. The number of nitrogens with zero attached hydrogens (tertiary/aromatic N) is 1. The first-order chi connectivity index (χ1) is 61.6. The second-order valence-electron chi connectivity index (χ2n) is 34.0. The van der Waals surface area contributed by atoms with Crippen molar-refractivity contribution < 1.29 is 138 Å². The van der Waals surface area contributed by atoms with E-state index in [-0.39, 0.29) is 98.9 Å². The highest BCUT2D eigenvalue weighted by molar-refractivity contribution is 6.32. The van der Waals surface area contributed by atoms with Gasteiger partial charge in [-0.2, -0.15) is 0 Å². The number of aliphatic hydroxyl groups excluding tert-OH is 8. The number of carbonyl (C=O) groups excluding carboxylic acids is 9. The normalized spacial score (nSPS) is 26.4. The fraction of sp³-hybridized carbons (Fsp3) is 0.446. The van der Waals surface area contributed by atoms with Crippen LogP contribution in [0.1, 0.15) is 185 Å². The van der Waals surface area contributed by atoms with E-state index in [9.17, 15) is 75.7 Å². The van der Waals surface area contributed by atoms with E-state index in [0.717, 1.165) is 86.7 Å². The summed E-state index contributed by atoms with van der Waals surface area (Å²) < 4.78 is 44.5. The van der Waals surface area contributed by atoms with Crippen LogP contribution in [0.2, 0.25) is 10.0 Å². The lowest BCUT2D eigenvalue weighted by atomic mass is 9.81. The first-order valence-corrected chi connectivity index (χ1v) is 43.4. The number of rotatable bonds is 24. The zero-order valence-electron chi connectivity index (χ0n) is 71.0. The van der Waals surface area contributed by atoms with Crippen LogP contribution in [0, 0.1) is 11.8 Å². The van der Waals surface area contributed by atoms with E-state index in [1.165, 1.54) is 67.7 Å². The molecular formula is C92H105Cl2N7O28. The third-order valence-electron chi connectivity index (χ3n) is 24.1. The van der Waals surface area contributed by atoms with Crippen molar-refractivity contribution in [2.75, 3.05) is 34.3 Å². The van der Waals surface area contributed by atoms with Gasteiger partial charge in [-0.1, -0.05) is 99.8 Å². The van der Waals surface area contributed by atoms with E-state index in [1.807, 2.05) is 4.90 Å². The second kappa shape index (κ2) is 41.6. The van der Waals surface area contributed by atoms with Gasteiger partial charge in [-0.25, -0.2) is 0 Å². The molecule has 18 N–H and O–H groups in total. The molecule has 0 radical (unpaired) electrons. The number of nitrogens with one attached hydrogen (secondary N) is 6. The molecule has 37 heteroatoms. The van der Waals surface area contributed by atoms with Gasteiger partial charge in [0.1, 0.15) is 119 Å². The summed E-state index contributed by atoms with van der Waals surface area (Å²) in [6.45, 7) is 3.94. The molecule has 129 heavy (non-hydrogen) atoms. The number of ketones is 3. The molecule has 7 aliphatic heterocycles. The number of fused-ring (bicyclic) bond motifs is 14. The number of carbonyl (C=O) groups is 9. The van der Waals surface area contributed by atoms with Gasteiger partial charge in [-0.15, -0.1) is 0 Å². The number of halogens is 2. The van der Waals surface area contributed by atoms with E-state index in [0.29, 0.717) is 31.7 Å². The maximum atomic E-state index is 17.0. The lowest BCUT2D eigenvalue weighted by Crippen LogP contribution is -2.65. The standard InChI is InChI=1S/C92H105Cl2N7O28/c1-42(2)14-10-8-6-7-9-11-16-71(111)96-78-83(116)85(118)92(123-41-103)129-91(78)128-86-69-32-48-33-70(86)126-65-24-20-46(30-58(65)94)80(113)77-90(122)98-75(61(108)15-12-13-25-101(4)5)56-36-51(105)37-67(127-68-34-49(40-102)81(114)84(117)82(68)115)72(56)55-28-43(17-21-59(55)106)53(87(119)100-77)38-62(109)73(48)97-88(120)54-39-63(110)76(79(112)45-19-23-64(125-69)57(93)29-45)99-89(121)74(95-3)44-18-22-60(107)66(31-44)124-52-27-47(54)26-50(104)35-52/h17-24,26-33,35-37,41-42,49,53-54,68,73-85,91-92,95,102,104-107,112-118H,6-16,25,34,38-40H2,1-5H3,(H,96,111)(H,97,120)(H,98,122)(H,99,121)(H,100,119)/t49?,53-,54+,68?,73-,74-,75+,76+,77-,78?,79-,80-,81?,82?,83?,84?,85?,91?,92?/m1/s1. The number of likely N-dealkylation sites (N-methyl/N-ethyl adjacent to an activating group) is 1. The SMILES string of the molecule is CN[C@H]1C(=O)N[C@H]2C(=O)C[C@H](C(=O)N[C@H]3C(=O)C[C@H]4C(=O)N[C@@H](C(=O)N[C@H](C(=O)CCCCN(C)C)c5cc(O)cc(OC6CC(CO)C(O)C(O)C6O)c5-c5cc4ccc5O)[C@H](O)c4ccc(c(Cl)c4)Oc4cc3cc(c4OC3OC(OC=O)C(O)C(O)C3NC(=O)CCCCCCCCC(C)C)Oc3ccc(cc3Cl)[C@H]2O)c2cc(O)cc(c2)Oc2cc1ccc2O. The summed E-state index contributed by atoms with van der Waals surface area (Å²) in [6.07, 6.45) is -16.5. The molecule has 1 saturated carbocycles. The molecule has 5 amide bonds. The minimum absolute atomic E-state index is 0.0979. The van der Waals surface area contributed by atoms with Crippen LogP contribution in [0.5, 0.6) is 69.0 Å². The van der Waals surface area contributed by atoms with Gasteiger partial charge in [-0.3, -0.25) is 47.9 Å². The zero-order valence-corrected chi connectivity index (χ0v) is 72.5. The van der Waals surface area contributed by atoms with Crippen molar-refractivity contribution in [1.29, 1.82) is 0 Å². The van der Waals surface area contributed by atoms with Crippen molar-refractivity contribution in [1.82, 2.24) is 36.8 Å². The number of unbranched alkanes of at least 4 members (excludes halogenated alkanes) is 6. The fourth-order valence-corrected chi connectivity index (χ4v) is 17.5. The number of hydrogen-bond acceptors (Lipinski definition) is 30. The van der Waals surface area contributed by atoms with E-state index in [2.05, 4.69) is 45.7 Å². The maximum Gasteiger partial charge on any atom is 0.295 e. The lowest BCUT2D eigenvalue weighted by Gasteiger charge is -2.41. The van der Waals surface area contributed by atoms with E-state index >= 15 is 28.8 Å². The Hall–Kier alpha value is -11.3. The summed E-state index contributed by atoms with van der Waals surface area (Å²) in [5.74, 6) is -19.4. The average Bonchev–Trinajstić information content (AvgIpc) is 0.759. The summed E-state index contributed by atoms with van der Waals surface area (Å²) in [5, 5.41) is 157. The number of phenolic OH excluding ortho intramolecular Hbond substituents is 4. The molecule has 8 aliphatic rings. The van der Waals surface area contributed by atoms with Crippen molar-refractivity contribution in [3.8, 4) is 80.1 Å². The molecular weight excluding hydrogens is 1720 g/mol. The van der Waals surface area contributed by atoms with E-state index < -0.39 is 244 Å². The Balaban J connectivity index is 1.05. The quantitative estimate of drug-likeness (QED) is 0.0207. The highest BCUT2D eigenvalue weighted by Crippen LogP contribution is 2.52. The van der Waals surface area contributed by atoms with Gasteiger partial charge in [-0.05, 0) is 177 Å². The van der Waals surface area contributed by atoms with E-state index in [1.54, 1.807) is 14.1 Å². The van der Waals surface area contributed by atoms with Crippen LogP contribution in [0.25, 0.3) is 11.1 Å². The Labute approximate surface area is 750 Å². The van der Waals surface area contributed by atoms with Gasteiger partial charge >= 0.3 is 0 Å². The molecule has 35 nitrogen and oxygen atoms in total. The Bertz CT molecular complexity index is 5350. The molecule has 15 rings (SSSR count). The first-order valence-electron chi connectivity index (χ1n) is 42.6. The highest BCUT2D eigenvalue weighted by Gasteiger charge is 2.51. The van der Waals surface area contributed by atoms with E-state index in [4.69, 9.17) is 56.4 Å². The highest BCUT2D eigenvalue weighted by atomic mass is 35.5. The maximum absolute atomic E-state index is 17.0. The summed E-state index contributed by atoms with van der Waals surface area (Å²) >= 11 is 14.6. The van der Waals surface area contributed by atoms with Crippen molar-refractivity contribution in [3.05, 3.63) is 164 Å². The fourth-order valence-electron chi connectivity index (χ4n) is 17.1. The Morgan fingerprint density at radius 2 is 1.16 bits per heavy atom. The van der Waals surface area contributed by atoms with Crippen LogP contribution in [-0.4, -0.2) is 221 Å². The van der Waals surface area contributed by atoms with Crippen molar-refractivity contribution >= 4 is 76.6 Å². The summed E-state index contributed by atoms with van der Waals surface area (Å²) in [7, 11) is 5.01. The van der Waals surface area contributed by atoms with Crippen LogP contribution < -0.4 is 55.6 Å². The van der Waals surface area contributed by atoms with Gasteiger partial charge in [0.2, 0.25) is 47.9 Å². The number of aromatic hydroxyl groups is 4. The third kappa shape index (κ3) is 21.8. The predicted molar refractivity (Wildman–Crippen MR) is 460 cm³/mol. The molecule has 17 bridgehead atoms. The molecule has 1 saturated heterocycles. The molecule has 1 aliphatic carbocycles. The molecule has 0 spiro atoms.